The maximum absolute atomic E-state index is 13.8. The van der Waals surface area contributed by atoms with Crippen molar-refractivity contribution in [3.05, 3.63) is 89.2 Å². The van der Waals surface area contributed by atoms with Gasteiger partial charge >= 0.3 is 0 Å². The van der Waals surface area contributed by atoms with E-state index >= 15 is 0 Å². The van der Waals surface area contributed by atoms with Crippen LogP contribution in [0.1, 0.15) is 23.7 Å². The van der Waals surface area contributed by atoms with Gasteiger partial charge in [-0.25, -0.2) is 4.39 Å². The van der Waals surface area contributed by atoms with Crippen LogP contribution >= 0.6 is 23.4 Å². The van der Waals surface area contributed by atoms with Gasteiger partial charge in [0.1, 0.15) is 5.82 Å². The average Bonchev–Trinajstić information content (AvgIpc) is 2.74. The molecule has 0 aliphatic carbocycles. The van der Waals surface area contributed by atoms with Gasteiger partial charge in [0, 0.05) is 21.3 Å². The highest BCUT2D eigenvalue weighted by atomic mass is 35.5. The van der Waals surface area contributed by atoms with Crippen LogP contribution in [0.15, 0.2) is 77.7 Å². The van der Waals surface area contributed by atoms with E-state index in [0.29, 0.717) is 22.8 Å². The fourth-order valence-electron chi connectivity index (χ4n) is 2.73. The van der Waals surface area contributed by atoms with Gasteiger partial charge in [0.2, 0.25) is 5.91 Å². The van der Waals surface area contributed by atoms with Gasteiger partial charge in [-0.15, -0.1) is 11.8 Å². The molecule has 0 saturated heterocycles. The highest BCUT2D eigenvalue weighted by Crippen LogP contribution is 2.29. The molecule has 2 amide bonds. The summed E-state index contributed by atoms with van der Waals surface area (Å²) in [6, 6.07) is 19.9. The van der Waals surface area contributed by atoms with Crippen LogP contribution in [0, 0.1) is 5.82 Å². The van der Waals surface area contributed by atoms with Crippen molar-refractivity contribution in [1.82, 2.24) is 0 Å². The van der Waals surface area contributed by atoms with Crippen LogP contribution in [-0.2, 0) is 4.79 Å². The van der Waals surface area contributed by atoms with Crippen LogP contribution in [0.25, 0.3) is 0 Å². The molecular formula is C23H20ClFN2O2S. The van der Waals surface area contributed by atoms with Crippen molar-refractivity contribution in [1.29, 1.82) is 0 Å². The van der Waals surface area contributed by atoms with Crippen molar-refractivity contribution in [2.24, 2.45) is 0 Å². The summed E-state index contributed by atoms with van der Waals surface area (Å²) in [7, 11) is 0. The lowest BCUT2D eigenvalue weighted by atomic mass is 10.2. The summed E-state index contributed by atoms with van der Waals surface area (Å²) in [6.07, 6.45) is 0.621. The molecule has 7 heteroatoms. The van der Waals surface area contributed by atoms with Crippen LogP contribution in [0.4, 0.5) is 15.8 Å². The number of anilines is 2. The molecule has 0 spiro atoms. The van der Waals surface area contributed by atoms with Crippen LogP contribution in [0.5, 0.6) is 0 Å². The molecule has 3 rings (SSSR count). The first kappa shape index (κ1) is 21.9. The topological polar surface area (TPSA) is 58.2 Å². The number of amides is 2. The van der Waals surface area contributed by atoms with Gasteiger partial charge in [0.15, 0.2) is 0 Å². The number of hydrogen-bond acceptors (Lipinski definition) is 3. The van der Waals surface area contributed by atoms with Crippen molar-refractivity contribution in [3.8, 4) is 0 Å². The summed E-state index contributed by atoms with van der Waals surface area (Å²) in [6.45, 7) is 1.93. The van der Waals surface area contributed by atoms with E-state index in [9.17, 15) is 14.0 Å². The van der Waals surface area contributed by atoms with Crippen LogP contribution in [0.2, 0.25) is 5.02 Å². The standard InChI is InChI=1S/C23H20ClFN2O2S/c1-2-21(23(29)26-16-12-10-15(24)11-13-16)30-18-7-5-6-17(14-18)27-22(28)19-8-3-4-9-20(19)25/h3-14,21H,2H2,1H3,(H,26,29)(H,27,28). The number of benzene rings is 3. The molecule has 0 heterocycles. The molecule has 2 N–H and O–H groups in total. The zero-order chi connectivity index (χ0) is 21.5. The predicted molar refractivity (Wildman–Crippen MR) is 121 cm³/mol. The SMILES string of the molecule is CCC(Sc1cccc(NC(=O)c2ccccc2F)c1)C(=O)Nc1ccc(Cl)cc1. The summed E-state index contributed by atoms with van der Waals surface area (Å²) in [4.78, 5) is 25.8. The normalized spacial score (nSPS) is 11.6. The summed E-state index contributed by atoms with van der Waals surface area (Å²) in [5.41, 5.74) is 1.18. The van der Waals surface area contributed by atoms with E-state index < -0.39 is 11.7 Å². The summed E-state index contributed by atoms with van der Waals surface area (Å²) in [5, 5.41) is 5.86. The van der Waals surface area contributed by atoms with Crippen molar-refractivity contribution in [2.75, 3.05) is 10.6 Å². The first-order valence-electron chi connectivity index (χ1n) is 9.35. The van der Waals surface area contributed by atoms with E-state index in [-0.39, 0.29) is 16.7 Å². The molecule has 1 atom stereocenters. The van der Waals surface area contributed by atoms with E-state index in [0.717, 1.165) is 4.90 Å². The van der Waals surface area contributed by atoms with Crippen molar-refractivity contribution < 1.29 is 14.0 Å². The number of carbonyl (C=O) groups is 2. The Bertz CT molecular complexity index is 1040. The smallest absolute Gasteiger partial charge is 0.258 e. The Morgan fingerprint density at radius 2 is 1.70 bits per heavy atom. The fourth-order valence-corrected chi connectivity index (χ4v) is 3.87. The lowest BCUT2D eigenvalue weighted by Gasteiger charge is -2.15. The minimum absolute atomic E-state index is 0.0238. The molecule has 0 fully saturated rings. The molecule has 4 nitrogen and oxygen atoms in total. The number of hydrogen-bond donors (Lipinski definition) is 2. The Morgan fingerprint density at radius 3 is 2.40 bits per heavy atom. The first-order valence-corrected chi connectivity index (χ1v) is 10.6. The van der Waals surface area contributed by atoms with Gasteiger partial charge in [-0.1, -0.05) is 36.7 Å². The highest BCUT2D eigenvalue weighted by Gasteiger charge is 2.19. The number of nitrogens with one attached hydrogen (secondary N) is 2. The zero-order valence-corrected chi connectivity index (χ0v) is 17.8. The second-order valence-corrected chi connectivity index (χ2v) is 8.19. The fraction of sp³-hybridized carbons (Fsp3) is 0.130. The molecule has 154 valence electrons. The van der Waals surface area contributed by atoms with Crippen molar-refractivity contribution in [2.45, 2.75) is 23.5 Å². The average molecular weight is 443 g/mol. The summed E-state index contributed by atoms with van der Waals surface area (Å²) >= 11 is 7.27. The number of carbonyl (C=O) groups excluding carboxylic acids is 2. The van der Waals surface area contributed by atoms with Crippen LogP contribution in [-0.4, -0.2) is 17.1 Å². The van der Waals surface area contributed by atoms with Gasteiger partial charge in [-0.3, -0.25) is 9.59 Å². The number of halogens is 2. The van der Waals surface area contributed by atoms with Gasteiger partial charge in [-0.05, 0) is 61.0 Å². The van der Waals surface area contributed by atoms with E-state index in [4.69, 9.17) is 11.6 Å². The Hall–Kier alpha value is -2.83. The number of thioether (sulfide) groups is 1. The molecule has 0 aromatic heterocycles. The molecule has 3 aromatic carbocycles. The van der Waals surface area contributed by atoms with Gasteiger partial charge < -0.3 is 10.6 Å². The highest BCUT2D eigenvalue weighted by molar-refractivity contribution is 8.00. The second kappa shape index (κ2) is 10.3. The van der Waals surface area contributed by atoms with E-state index in [2.05, 4.69) is 10.6 Å². The van der Waals surface area contributed by atoms with Gasteiger partial charge in [0.05, 0.1) is 10.8 Å². The summed E-state index contributed by atoms with van der Waals surface area (Å²) < 4.78 is 13.8. The van der Waals surface area contributed by atoms with E-state index in [1.54, 1.807) is 48.5 Å². The van der Waals surface area contributed by atoms with E-state index in [1.807, 2.05) is 13.0 Å². The van der Waals surface area contributed by atoms with Crippen LogP contribution < -0.4 is 10.6 Å². The molecule has 0 aliphatic heterocycles. The molecular weight excluding hydrogens is 423 g/mol. The van der Waals surface area contributed by atoms with Gasteiger partial charge in [0.25, 0.3) is 5.91 Å². The molecule has 30 heavy (non-hydrogen) atoms. The summed E-state index contributed by atoms with van der Waals surface area (Å²) in [5.74, 6) is -1.22. The molecule has 1 unspecified atom stereocenters. The zero-order valence-electron chi connectivity index (χ0n) is 16.2. The monoisotopic (exact) mass is 442 g/mol. The maximum atomic E-state index is 13.8. The third-order valence-corrected chi connectivity index (χ3v) is 5.87. The largest absolute Gasteiger partial charge is 0.325 e. The molecule has 0 bridgehead atoms. The third-order valence-electron chi connectivity index (χ3n) is 4.26. The molecule has 3 aromatic rings. The minimum Gasteiger partial charge on any atom is -0.325 e. The Labute approximate surface area is 183 Å². The lowest BCUT2D eigenvalue weighted by molar-refractivity contribution is -0.115. The first-order chi connectivity index (χ1) is 14.5. The Morgan fingerprint density at radius 1 is 0.967 bits per heavy atom. The van der Waals surface area contributed by atoms with E-state index in [1.165, 1.54) is 30.0 Å². The molecule has 0 aliphatic rings. The molecule has 0 radical (unpaired) electrons. The second-order valence-electron chi connectivity index (χ2n) is 6.47. The van der Waals surface area contributed by atoms with Gasteiger partial charge in [-0.2, -0.15) is 0 Å². The Balaban J connectivity index is 1.67. The quantitative estimate of drug-likeness (QED) is 0.426. The van der Waals surface area contributed by atoms with Crippen LogP contribution in [0.3, 0.4) is 0 Å². The third kappa shape index (κ3) is 5.84. The predicted octanol–water partition coefficient (Wildman–Crippen LogP) is 6.24. The van der Waals surface area contributed by atoms with Crippen molar-refractivity contribution in [3.63, 3.8) is 0 Å². The molecule has 0 saturated carbocycles. The number of rotatable bonds is 7. The maximum Gasteiger partial charge on any atom is 0.258 e. The Kier molecular flexibility index (Phi) is 7.49. The van der Waals surface area contributed by atoms with Crippen molar-refractivity contribution >= 4 is 46.6 Å². The minimum atomic E-state index is -0.578. The lowest BCUT2D eigenvalue weighted by Crippen LogP contribution is -2.24.